The zero-order valence-electron chi connectivity index (χ0n) is 22.6. The Morgan fingerprint density at radius 3 is 2.38 bits per heavy atom. The number of aliphatic hydroxyl groups excluding tert-OH is 1. The summed E-state index contributed by atoms with van der Waals surface area (Å²) in [5, 5.41) is 31.2. The summed E-state index contributed by atoms with van der Waals surface area (Å²) in [5.74, 6) is -0.461. The van der Waals surface area contributed by atoms with Gasteiger partial charge in [0.2, 0.25) is 0 Å². The second-order valence-corrected chi connectivity index (χ2v) is 14.1. The van der Waals surface area contributed by atoms with Gasteiger partial charge in [0.1, 0.15) is 0 Å². The first-order chi connectivity index (χ1) is 15.6. The fourth-order valence-corrected chi connectivity index (χ4v) is 8.93. The molecule has 3 N–H and O–H groups in total. The maximum absolute atomic E-state index is 12.5. The van der Waals surface area contributed by atoms with Crippen molar-refractivity contribution < 1.29 is 20.1 Å². The van der Waals surface area contributed by atoms with Crippen LogP contribution in [0.15, 0.2) is 23.3 Å². The van der Waals surface area contributed by atoms with Gasteiger partial charge in [0, 0.05) is 0 Å². The lowest BCUT2D eigenvalue weighted by molar-refractivity contribution is -0.146. The molecule has 7 atom stereocenters. The number of aliphatic carboxylic acids is 1. The standard InChI is InChI=1S/C30H48O4/c1-26(2,34)15-8-9-19(25(32)33)20-12-17-30(7)22-10-11-23-27(3,4)24(31)14-16-28(23,5)21(22)13-18-29(20,30)6/h10,13,19-20,23-24,31,34H,8-9,11-12,14-18H2,1-7H3,(H,32,33)/t19-,20-,23?,24+,28-,29-,30+/m1/s1. The molecule has 0 amide bonds. The molecule has 4 aliphatic carbocycles. The molecule has 0 bridgehead atoms. The van der Waals surface area contributed by atoms with E-state index in [1.807, 2.05) is 0 Å². The predicted molar refractivity (Wildman–Crippen MR) is 136 cm³/mol. The van der Waals surface area contributed by atoms with Crippen molar-refractivity contribution in [1.82, 2.24) is 0 Å². The Morgan fingerprint density at radius 2 is 1.76 bits per heavy atom. The normalized spacial score (nSPS) is 42.1. The van der Waals surface area contributed by atoms with Crippen molar-refractivity contribution in [2.75, 3.05) is 0 Å². The van der Waals surface area contributed by atoms with Crippen LogP contribution in [0.25, 0.3) is 0 Å². The van der Waals surface area contributed by atoms with Crippen molar-refractivity contribution >= 4 is 5.97 Å². The van der Waals surface area contributed by atoms with Crippen molar-refractivity contribution in [2.45, 2.75) is 118 Å². The first-order valence-electron chi connectivity index (χ1n) is 13.6. The van der Waals surface area contributed by atoms with E-state index >= 15 is 0 Å². The highest BCUT2D eigenvalue weighted by Crippen LogP contribution is 2.71. The minimum absolute atomic E-state index is 0.0140. The molecule has 0 aromatic carbocycles. The van der Waals surface area contributed by atoms with Crippen LogP contribution in [0.2, 0.25) is 0 Å². The molecule has 34 heavy (non-hydrogen) atoms. The molecule has 4 rings (SSSR count). The Morgan fingerprint density at radius 1 is 1.09 bits per heavy atom. The zero-order chi connectivity index (χ0) is 25.3. The predicted octanol–water partition coefficient (Wildman–Crippen LogP) is 6.51. The van der Waals surface area contributed by atoms with Crippen molar-refractivity contribution in [2.24, 2.45) is 39.4 Å². The minimum Gasteiger partial charge on any atom is -0.481 e. The third-order valence-electron chi connectivity index (χ3n) is 11.4. The molecule has 4 nitrogen and oxygen atoms in total. The maximum Gasteiger partial charge on any atom is 0.306 e. The van der Waals surface area contributed by atoms with Gasteiger partial charge in [-0.25, -0.2) is 0 Å². The van der Waals surface area contributed by atoms with Crippen LogP contribution in [-0.2, 0) is 4.79 Å². The SMILES string of the molecule is CC(C)(O)CCC[C@@H](C(=O)O)[C@H]1CC[C@@]2(C)C3=CCC4C(C)(C)[C@@H](O)CC[C@]4(C)C3=CC[C@]12C. The van der Waals surface area contributed by atoms with E-state index in [9.17, 15) is 20.1 Å². The van der Waals surface area contributed by atoms with E-state index < -0.39 is 11.6 Å². The third-order valence-corrected chi connectivity index (χ3v) is 11.4. The molecule has 0 aromatic heterocycles. The largest absolute Gasteiger partial charge is 0.481 e. The number of rotatable bonds is 6. The number of aliphatic hydroxyl groups is 2. The number of allylic oxidation sites excluding steroid dienone is 4. The van der Waals surface area contributed by atoms with E-state index in [0.717, 1.165) is 44.9 Å². The minimum atomic E-state index is -0.750. The van der Waals surface area contributed by atoms with E-state index in [1.165, 1.54) is 11.1 Å². The Hall–Kier alpha value is -1.13. The van der Waals surface area contributed by atoms with Gasteiger partial charge in [-0.05, 0) is 116 Å². The van der Waals surface area contributed by atoms with Gasteiger partial charge in [-0.15, -0.1) is 0 Å². The van der Waals surface area contributed by atoms with Crippen LogP contribution in [0.1, 0.15) is 106 Å². The highest BCUT2D eigenvalue weighted by atomic mass is 16.4. The molecular formula is C30H48O4. The van der Waals surface area contributed by atoms with Crippen LogP contribution in [0.4, 0.5) is 0 Å². The summed E-state index contributed by atoms with van der Waals surface area (Å²) < 4.78 is 0. The van der Waals surface area contributed by atoms with Crippen LogP contribution in [0.3, 0.4) is 0 Å². The Labute approximate surface area is 206 Å². The summed E-state index contributed by atoms with van der Waals surface area (Å²) in [6.07, 6.45) is 12.5. The van der Waals surface area contributed by atoms with E-state index in [1.54, 1.807) is 13.8 Å². The second kappa shape index (κ2) is 8.20. The van der Waals surface area contributed by atoms with Crippen molar-refractivity contribution in [3.8, 4) is 0 Å². The lowest BCUT2D eigenvalue weighted by atomic mass is 9.44. The maximum atomic E-state index is 12.5. The van der Waals surface area contributed by atoms with Gasteiger partial charge in [-0.2, -0.15) is 0 Å². The fourth-order valence-electron chi connectivity index (χ4n) is 8.93. The van der Waals surface area contributed by atoms with Crippen LogP contribution in [0.5, 0.6) is 0 Å². The van der Waals surface area contributed by atoms with Gasteiger partial charge in [-0.3, -0.25) is 4.79 Å². The Balaban J connectivity index is 1.66. The van der Waals surface area contributed by atoms with E-state index in [-0.39, 0.29) is 39.6 Å². The van der Waals surface area contributed by atoms with Crippen molar-refractivity contribution in [3.05, 3.63) is 23.3 Å². The molecule has 0 aliphatic heterocycles. The van der Waals surface area contributed by atoms with E-state index in [0.29, 0.717) is 18.8 Å². The van der Waals surface area contributed by atoms with Gasteiger partial charge < -0.3 is 15.3 Å². The zero-order valence-corrected chi connectivity index (χ0v) is 22.6. The average Bonchev–Trinajstić information content (AvgIpc) is 2.99. The van der Waals surface area contributed by atoms with Crippen LogP contribution >= 0.6 is 0 Å². The first kappa shape index (κ1) is 25.9. The fraction of sp³-hybridized carbons (Fsp3) is 0.833. The van der Waals surface area contributed by atoms with Crippen LogP contribution in [-0.4, -0.2) is 33.0 Å². The first-order valence-corrected chi connectivity index (χ1v) is 13.6. The highest BCUT2D eigenvalue weighted by Gasteiger charge is 2.63. The third kappa shape index (κ3) is 3.74. The molecule has 4 heteroatoms. The summed E-state index contributed by atoms with van der Waals surface area (Å²) >= 11 is 0. The molecule has 0 heterocycles. The molecule has 0 radical (unpaired) electrons. The number of carbonyl (C=O) groups is 1. The quantitative estimate of drug-likeness (QED) is 0.411. The van der Waals surface area contributed by atoms with Gasteiger partial charge in [0.15, 0.2) is 0 Å². The number of fused-ring (bicyclic) bond motifs is 5. The molecule has 0 aromatic rings. The lowest BCUT2D eigenvalue weighted by Gasteiger charge is -2.61. The Bertz CT molecular complexity index is 892. The topological polar surface area (TPSA) is 77.8 Å². The molecule has 0 spiro atoms. The van der Waals surface area contributed by atoms with E-state index in [4.69, 9.17) is 0 Å². The molecule has 2 fully saturated rings. The second-order valence-electron chi connectivity index (χ2n) is 14.1. The Kier molecular flexibility index (Phi) is 6.26. The summed E-state index contributed by atoms with van der Waals surface area (Å²) in [7, 11) is 0. The number of hydrogen-bond acceptors (Lipinski definition) is 3. The average molecular weight is 473 g/mol. The molecule has 2 saturated carbocycles. The van der Waals surface area contributed by atoms with E-state index in [2.05, 4.69) is 46.8 Å². The monoisotopic (exact) mass is 472 g/mol. The summed E-state index contributed by atoms with van der Waals surface area (Å²) in [6, 6.07) is 0. The molecule has 1 unspecified atom stereocenters. The summed E-state index contributed by atoms with van der Waals surface area (Å²) in [5.41, 5.74) is 2.11. The molecular weight excluding hydrogens is 424 g/mol. The molecule has 192 valence electrons. The van der Waals surface area contributed by atoms with Gasteiger partial charge in [0.05, 0.1) is 17.6 Å². The van der Waals surface area contributed by atoms with Gasteiger partial charge in [-0.1, -0.05) is 46.8 Å². The summed E-state index contributed by atoms with van der Waals surface area (Å²) in [4.78, 5) is 12.5. The van der Waals surface area contributed by atoms with Gasteiger partial charge >= 0.3 is 5.97 Å². The highest BCUT2D eigenvalue weighted by molar-refractivity contribution is 5.71. The molecule has 0 saturated heterocycles. The number of carboxylic acids is 1. The number of hydrogen-bond donors (Lipinski definition) is 3. The van der Waals surface area contributed by atoms with Crippen LogP contribution in [0, 0.1) is 39.4 Å². The smallest absolute Gasteiger partial charge is 0.306 e. The molecule has 4 aliphatic rings. The van der Waals surface area contributed by atoms with Gasteiger partial charge in [0.25, 0.3) is 0 Å². The van der Waals surface area contributed by atoms with Crippen molar-refractivity contribution in [1.29, 1.82) is 0 Å². The van der Waals surface area contributed by atoms with Crippen molar-refractivity contribution in [3.63, 3.8) is 0 Å². The lowest BCUT2D eigenvalue weighted by Crippen LogP contribution is -2.54. The summed E-state index contributed by atoms with van der Waals surface area (Å²) in [6.45, 7) is 15.3. The van der Waals surface area contributed by atoms with Crippen LogP contribution < -0.4 is 0 Å². The number of carboxylic acid groups (broad SMARTS) is 1.